The summed E-state index contributed by atoms with van der Waals surface area (Å²) in [5, 5.41) is 8.59. The molecule has 1 aromatic rings. The first-order valence-corrected chi connectivity index (χ1v) is 9.51. The Morgan fingerprint density at radius 3 is 2.55 bits per heavy atom. The SMILES string of the molecule is CC(C)(C)NC(=O)c1ccc2c(c1)NCC(C(=CF)CNC(=O)OC(C)(C)C)O2. The second kappa shape index (κ2) is 8.71. The summed E-state index contributed by atoms with van der Waals surface area (Å²) in [4.78, 5) is 24.1. The number of carbonyl (C=O) groups is 2. The average Bonchev–Trinajstić information content (AvgIpc) is 2.58. The second-order valence-electron chi connectivity index (χ2n) is 8.94. The van der Waals surface area contributed by atoms with Crippen molar-refractivity contribution in [1.29, 1.82) is 0 Å². The molecule has 1 aromatic carbocycles. The molecule has 7 nitrogen and oxygen atoms in total. The zero-order chi connectivity index (χ0) is 21.8. The van der Waals surface area contributed by atoms with Crippen LogP contribution in [0.3, 0.4) is 0 Å². The van der Waals surface area contributed by atoms with Crippen LogP contribution in [0.4, 0.5) is 14.9 Å². The van der Waals surface area contributed by atoms with Crippen molar-refractivity contribution in [3.05, 3.63) is 35.7 Å². The highest BCUT2D eigenvalue weighted by molar-refractivity contribution is 5.96. The highest BCUT2D eigenvalue weighted by atomic mass is 19.1. The Morgan fingerprint density at radius 2 is 1.97 bits per heavy atom. The zero-order valence-electron chi connectivity index (χ0n) is 17.8. The Morgan fingerprint density at radius 1 is 1.28 bits per heavy atom. The molecule has 0 bridgehead atoms. The van der Waals surface area contributed by atoms with Gasteiger partial charge in [0.05, 0.1) is 18.6 Å². The van der Waals surface area contributed by atoms with E-state index in [1.54, 1.807) is 39.0 Å². The molecule has 1 atom stereocenters. The summed E-state index contributed by atoms with van der Waals surface area (Å²) in [6.45, 7) is 11.2. The van der Waals surface area contributed by atoms with Gasteiger partial charge < -0.3 is 25.4 Å². The number of nitrogens with one attached hydrogen (secondary N) is 3. The lowest BCUT2D eigenvalue weighted by molar-refractivity contribution is 0.0530. The van der Waals surface area contributed by atoms with Gasteiger partial charge in [-0.2, -0.15) is 0 Å². The lowest BCUT2D eigenvalue weighted by Crippen LogP contribution is -2.41. The maximum atomic E-state index is 13.4. The number of fused-ring (bicyclic) bond motifs is 1. The van der Waals surface area contributed by atoms with Gasteiger partial charge >= 0.3 is 6.09 Å². The fraction of sp³-hybridized carbons (Fsp3) is 0.524. The van der Waals surface area contributed by atoms with Crippen molar-refractivity contribution in [2.45, 2.75) is 58.8 Å². The quantitative estimate of drug-likeness (QED) is 0.707. The van der Waals surface area contributed by atoms with E-state index in [1.165, 1.54) is 0 Å². The first kappa shape index (κ1) is 22.5. The van der Waals surface area contributed by atoms with Crippen LogP contribution < -0.4 is 20.7 Å². The molecule has 8 heteroatoms. The van der Waals surface area contributed by atoms with Gasteiger partial charge in [0.25, 0.3) is 5.91 Å². The van der Waals surface area contributed by atoms with E-state index < -0.39 is 17.8 Å². The van der Waals surface area contributed by atoms with E-state index in [0.717, 1.165) is 0 Å². The van der Waals surface area contributed by atoms with Crippen LogP contribution in [0.1, 0.15) is 51.9 Å². The fourth-order valence-corrected chi connectivity index (χ4v) is 2.64. The van der Waals surface area contributed by atoms with E-state index >= 15 is 0 Å². The van der Waals surface area contributed by atoms with E-state index in [0.29, 0.717) is 29.9 Å². The van der Waals surface area contributed by atoms with Gasteiger partial charge in [-0.25, -0.2) is 9.18 Å². The largest absolute Gasteiger partial charge is 0.482 e. The Bertz CT molecular complexity index is 794. The number of hydrogen-bond acceptors (Lipinski definition) is 5. The van der Waals surface area contributed by atoms with Gasteiger partial charge in [0.1, 0.15) is 17.5 Å². The van der Waals surface area contributed by atoms with Crippen LogP contribution in [0.25, 0.3) is 0 Å². The molecule has 2 amide bonds. The smallest absolute Gasteiger partial charge is 0.407 e. The fourth-order valence-electron chi connectivity index (χ4n) is 2.64. The number of ether oxygens (including phenoxy) is 2. The third kappa shape index (κ3) is 6.96. The summed E-state index contributed by atoms with van der Waals surface area (Å²) in [6.07, 6.45) is -0.799. The van der Waals surface area contributed by atoms with E-state index in [2.05, 4.69) is 16.0 Å². The Balaban J connectivity index is 2.01. The van der Waals surface area contributed by atoms with Gasteiger partial charge in [-0.05, 0) is 59.7 Å². The monoisotopic (exact) mass is 407 g/mol. The molecule has 0 spiro atoms. The van der Waals surface area contributed by atoms with Crippen LogP contribution in [-0.4, -0.2) is 42.3 Å². The highest BCUT2D eigenvalue weighted by Crippen LogP contribution is 2.31. The van der Waals surface area contributed by atoms with Crippen molar-refractivity contribution in [1.82, 2.24) is 10.6 Å². The number of anilines is 1. The number of carbonyl (C=O) groups excluding carboxylic acids is 2. The van der Waals surface area contributed by atoms with E-state index in [9.17, 15) is 14.0 Å². The van der Waals surface area contributed by atoms with Crippen LogP contribution in [0, 0.1) is 0 Å². The molecule has 3 N–H and O–H groups in total. The molecular weight excluding hydrogens is 377 g/mol. The third-order valence-corrected chi connectivity index (χ3v) is 3.87. The van der Waals surface area contributed by atoms with Gasteiger partial charge in [-0.15, -0.1) is 0 Å². The highest BCUT2D eigenvalue weighted by Gasteiger charge is 2.25. The molecule has 0 aromatic heterocycles. The van der Waals surface area contributed by atoms with Crippen molar-refractivity contribution in [3.63, 3.8) is 0 Å². The van der Waals surface area contributed by atoms with Crippen LogP contribution in [0.2, 0.25) is 0 Å². The predicted molar refractivity (Wildman–Crippen MR) is 110 cm³/mol. The van der Waals surface area contributed by atoms with Crippen molar-refractivity contribution >= 4 is 17.7 Å². The molecule has 1 aliphatic rings. The molecule has 29 heavy (non-hydrogen) atoms. The molecule has 1 heterocycles. The van der Waals surface area contributed by atoms with Crippen LogP contribution in [-0.2, 0) is 4.74 Å². The standard InChI is InChI=1S/C21H30FN3O4/c1-20(2,3)25-18(26)13-7-8-16-15(9-13)23-12-17(28-16)14(10-22)11-24-19(27)29-21(4,5)6/h7-10,17,23H,11-12H2,1-6H3,(H,24,27)(H,25,26). The molecule has 160 valence electrons. The molecule has 1 unspecified atom stereocenters. The summed E-state index contributed by atoms with van der Waals surface area (Å²) >= 11 is 0. The lowest BCUT2D eigenvalue weighted by Gasteiger charge is -2.29. The summed E-state index contributed by atoms with van der Waals surface area (Å²) in [7, 11) is 0. The van der Waals surface area contributed by atoms with Gasteiger partial charge in [0, 0.05) is 23.2 Å². The van der Waals surface area contributed by atoms with Crippen molar-refractivity contribution < 1.29 is 23.5 Å². The van der Waals surface area contributed by atoms with Crippen LogP contribution in [0.5, 0.6) is 5.75 Å². The Labute approximate surface area is 171 Å². The van der Waals surface area contributed by atoms with Gasteiger partial charge in [0.2, 0.25) is 0 Å². The number of halogens is 1. The van der Waals surface area contributed by atoms with Crippen LogP contribution >= 0.6 is 0 Å². The minimum atomic E-state index is -0.636. The lowest BCUT2D eigenvalue weighted by atomic mass is 10.1. The number of amides is 2. The minimum Gasteiger partial charge on any atom is -0.482 e. The number of benzene rings is 1. The molecule has 0 aliphatic carbocycles. The summed E-state index contributed by atoms with van der Waals surface area (Å²) in [6, 6.07) is 5.02. The molecule has 0 saturated carbocycles. The maximum Gasteiger partial charge on any atom is 0.407 e. The summed E-state index contributed by atoms with van der Waals surface area (Å²) < 4.78 is 24.4. The van der Waals surface area contributed by atoms with Crippen molar-refractivity contribution in [3.8, 4) is 5.75 Å². The predicted octanol–water partition coefficient (Wildman–Crippen LogP) is 3.77. The van der Waals surface area contributed by atoms with Crippen LogP contribution in [0.15, 0.2) is 30.1 Å². The summed E-state index contributed by atoms with van der Waals surface area (Å²) in [5.74, 6) is 0.320. The maximum absolute atomic E-state index is 13.4. The van der Waals surface area contributed by atoms with Crippen molar-refractivity contribution in [2.75, 3.05) is 18.4 Å². The Hall–Kier alpha value is -2.77. The topological polar surface area (TPSA) is 88.7 Å². The van der Waals surface area contributed by atoms with E-state index in [1.807, 2.05) is 20.8 Å². The van der Waals surface area contributed by atoms with Crippen molar-refractivity contribution in [2.24, 2.45) is 0 Å². The number of alkyl carbamates (subject to hydrolysis) is 1. The van der Waals surface area contributed by atoms with Gasteiger partial charge in [-0.3, -0.25) is 4.79 Å². The molecule has 2 rings (SSSR count). The normalized spacial score (nSPS) is 16.8. The number of hydrogen-bond donors (Lipinski definition) is 3. The Kier molecular flexibility index (Phi) is 6.77. The molecular formula is C21H30FN3O4. The van der Waals surface area contributed by atoms with E-state index in [4.69, 9.17) is 9.47 Å². The minimum absolute atomic E-state index is 0.0425. The molecule has 1 aliphatic heterocycles. The van der Waals surface area contributed by atoms with E-state index in [-0.39, 0.29) is 23.6 Å². The zero-order valence-corrected chi connectivity index (χ0v) is 17.8. The summed E-state index contributed by atoms with van der Waals surface area (Å²) in [5.41, 5.74) is 0.442. The number of rotatable bonds is 4. The second-order valence-corrected chi connectivity index (χ2v) is 8.94. The average molecular weight is 407 g/mol. The first-order valence-electron chi connectivity index (χ1n) is 9.51. The third-order valence-electron chi connectivity index (χ3n) is 3.87. The molecule has 0 radical (unpaired) electrons. The van der Waals surface area contributed by atoms with Gasteiger partial charge in [0.15, 0.2) is 0 Å². The molecule has 0 saturated heterocycles. The van der Waals surface area contributed by atoms with Gasteiger partial charge in [-0.1, -0.05) is 0 Å². The first-order chi connectivity index (χ1) is 13.4. The molecule has 0 fully saturated rings.